The van der Waals surface area contributed by atoms with E-state index >= 15 is 8.78 Å². The number of halogens is 2. The van der Waals surface area contributed by atoms with Crippen LogP contribution in [0, 0.1) is 22.7 Å². The summed E-state index contributed by atoms with van der Waals surface area (Å²) in [6.45, 7) is 10.4. The second-order valence-electron chi connectivity index (χ2n) is 12.2. The summed E-state index contributed by atoms with van der Waals surface area (Å²) >= 11 is 0. The molecular formula is C27H36F2O6. The van der Waals surface area contributed by atoms with Crippen molar-refractivity contribution in [2.45, 2.75) is 102 Å². The summed E-state index contributed by atoms with van der Waals surface area (Å²) in [4.78, 5) is 25.8. The van der Waals surface area contributed by atoms with Gasteiger partial charge in [0.15, 0.2) is 28.6 Å². The first-order valence-electron chi connectivity index (χ1n) is 12.6. The largest absolute Gasteiger partial charge is 0.390 e. The molecule has 0 aromatic carbocycles. The van der Waals surface area contributed by atoms with E-state index in [4.69, 9.17) is 14.2 Å². The van der Waals surface area contributed by atoms with Crippen LogP contribution in [0.5, 0.6) is 0 Å². The number of alkyl halides is 2. The highest BCUT2D eigenvalue weighted by Gasteiger charge is 2.80. The number of allylic oxidation sites excluding steroid dienone is 4. The van der Waals surface area contributed by atoms with Gasteiger partial charge < -0.3 is 19.3 Å². The molecule has 5 rings (SSSR count). The van der Waals surface area contributed by atoms with Crippen molar-refractivity contribution in [1.29, 1.82) is 0 Å². The second-order valence-corrected chi connectivity index (χ2v) is 12.2. The van der Waals surface area contributed by atoms with Crippen molar-refractivity contribution >= 4 is 11.6 Å². The Kier molecular flexibility index (Phi) is 5.41. The van der Waals surface area contributed by atoms with Crippen molar-refractivity contribution in [3.8, 4) is 0 Å². The molecular weight excluding hydrogens is 458 g/mol. The zero-order valence-electron chi connectivity index (χ0n) is 21.3. The van der Waals surface area contributed by atoms with Gasteiger partial charge >= 0.3 is 0 Å². The number of fused-ring (bicyclic) bond motifs is 7. The Morgan fingerprint density at radius 1 is 1.23 bits per heavy atom. The molecule has 1 heterocycles. The highest BCUT2D eigenvalue weighted by atomic mass is 19.1. The lowest BCUT2D eigenvalue weighted by molar-refractivity contribution is -0.249. The van der Waals surface area contributed by atoms with E-state index < -0.39 is 58.1 Å². The average Bonchev–Trinajstić information content (AvgIpc) is 3.16. The lowest BCUT2D eigenvalue weighted by atomic mass is 9.44. The Bertz CT molecular complexity index is 1020. The summed E-state index contributed by atoms with van der Waals surface area (Å²) in [5.41, 5.74) is -6.06. The molecule has 0 aromatic rings. The Labute approximate surface area is 205 Å². The van der Waals surface area contributed by atoms with Gasteiger partial charge in [0.05, 0.1) is 18.3 Å². The molecule has 6 nitrogen and oxygen atoms in total. The molecule has 1 N–H and O–H groups in total. The molecule has 0 aromatic heterocycles. The van der Waals surface area contributed by atoms with Crippen molar-refractivity contribution in [2.24, 2.45) is 22.7 Å². The van der Waals surface area contributed by atoms with Gasteiger partial charge in [-0.25, -0.2) is 8.78 Å². The van der Waals surface area contributed by atoms with E-state index in [1.807, 2.05) is 20.8 Å². The number of hydrogen-bond acceptors (Lipinski definition) is 6. The van der Waals surface area contributed by atoms with Gasteiger partial charge in [0.25, 0.3) is 0 Å². The van der Waals surface area contributed by atoms with Gasteiger partial charge in [-0.1, -0.05) is 13.0 Å². The summed E-state index contributed by atoms with van der Waals surface area (Å²) < 4.78 is 51.2. The van der Waals surface area contributed by atoms with E-state index in [2.05, 4.69) is 0 Å². The maximum Gasteiger partial charge on any atom is 0.193 e. The number of hydrogen-bond donors (Lipinski definition) is 1. The lowest BCUT2D eigenvalue weighted by Gasteiger charge is -2.63. The fourth-order valence-electron chi connectivity index (χ4n) is 8.15. The number of aliphatic hydroxyl groups excluding tert-OH is 1. The zero-order chi connectivity index (χ0) is 25.8. The van der Waals surface area contributed by atoms with Crippen LogP contribution in [0.4, 0.5) is 8.78 Å². The SMILES string of the molecule is CC(C)OCC(=O)[C@@]12OC(C)(C)O[C@@H]1C[C@H]1[C@@H]3C[C@H](F)C4=CC(=O)C=C[C@]4(C)[C@@]3(F)[C@@H](O)C[C@@]12C. The van der Waals surface area contributed by atoms with Crippen LogP contribution in [0.15, 0.2) is 23.8 Å². The lowest BCUT2D eigenvalue weighted by Crippen LogP contribution is -2.71. The van der Waals surface area contributed by atoms with Crippen molar-refractivity contribution in [2.75, 3.05) is 6.61 Å². The molecule has 0 radical (unpaired) electrons. The molecule has 8 heteroatoms. The first kappa shape index (κ1) is 25.2. The number of ketones is 2. The summed E-state index contributed by atoms with van der Waals surface area (Å²) in [6, 6.07) is 0. The Balaban J connectivity index is 1.61. The second kappa shape index (κ2) is 7.53. The smallest absolute Gasteiger partial charge is 0.193 e. The van der Waals surface area contributed by atoms with Gasteiger partial charge in [-0.2, -0.15) is 0 Å². The van der Waals surface area contributed by atoms with E-state index in [1.54, 1.807) is 20.8 Å². The number of carbonyl (C=O) groups is 2. The Hall–Kier alpha value is -1.48. The molecule has 35 heavy (non-hydrogen) atoms. The van der Waals surface area contributed by atoms with Crippen LogP contribution in [-0.2, 0) is 23.8 Å². The normalized spacial score (nSPS) is 49.8. The van der Waals surface area contributed by atoms with Gasteiger partial charge in [-0.15, -0.1) is 0 Å². The fraction of sp³-hybridized carbons (Fsp3) is 0.778. The van der Waals surface area contributed by atoms with Crippen LogP contribution in [0.3, 0.4) is 0 Å². The molecule has 1 saturated heterocycles. The molecule has 4 fully saturated rings. The summed E-state index contributed by atoms with van der Waals surface area (Å²) in [5, 5.41) is 11.5. The highest BCUT2D eigenvalue weighted by Crippen LogP contribution is 2.72. The molecule has 3 saturated carbocycles. The van der Waals surface area contributed by atoms with Crippen molar-refractivity contribution in [3.05, 3.63) is 23.8 Å². The molecule has 1 aliphatic heterocycles. The van der Waals surface area contributed by atoms with Crippen LogP contribution >= 0.6 is 0 Å². The van der Waals surface area contributed by atoms with E-state index in [0.29, 0.717) is 6.42 Å². The minimum absolute atomic E-state index is 0.0599. The maximum absolute atomic E-state index is 17.3. The minimum atomic E-state index is -2.21. The third-order valence-electron chi connectivity index (χ3n) is 9.58. The van der Waals surface area contributed by atoms with Gasteiger partial charge in [0.1, 0.15) is 12.8 Å². The molecule has 0 spiro atoms. The topological polar surface area (TPSA) is 82.1 Å². The van der Waals surface area contributed by atoms with Gasteiger partial charge in [0, 0.05) is 16.7 Å². The standard InChI is InChI=1S/C27H36F2O6/c1-14(2)33-13-21(32)27-22(34-23(3,4)35-27)11-16-17-10-19(28)18-9-15(30)7-8-24(18,5)26(17,29)20(31)12-25(16,27)6/h7-9,14,16-17,19-20,22,31H,10-13H2,1-6H3/t16-,17-,19-,20-,22+,24-,25-,26-,27+/m0/s1. The Morgan fingerprint density at radius 3 is 2.57 bits per heavy atom. The molecule has 194 valence electrons. The quantitative estimate of drug-likeness (QED) is 0.640. The summed E-state index contributed by atoms with van der Waals surface area (Å²) in [5.74, 6) is -3.12. The van der Waals surface area contributed by atoms with Crippen LogP contribution in [0.2, 0.25) is 0 Å². The number of ether oxygens (including phenoxy) is 3. The van der Waals surface area contributed by atoms with Crippen LogP contribution in [0.25, 0.3) is 0 Å². The predicted molar refractivity (Wildman–Crippen MR) is 123 cm³/mol. The molecule has 0 bridgehead atoms. The van der Waals surface area contributed by atoms with Crippen LogP contribution in [0.1, 0.15) is 60.8 Å². The van der Waals surface area contributed by atoms with E-state index in [9.17, 15) is 14.7 Å². The maximum atomic E-state index is 17.3. The predicted octanol–water partition coefficient (Wildman–Crippen LogP) is 3.80. The molecule has 5 aliphatic rings. The number of Topliss-reactive ketones (excluding diaryl/α,β-unsaturated/α-hetero) is 1. The van der Waals surface area contributed by atoms with Crippen molar-refractivity contribution in [3.63, 3.8) is 0 Å². The monoisotopic (exact) mass is 494 g/mol. The van der Waals surface area contributed by atoms with E-state index in [-0.39, 0.29) is 42.7 Å². The summed E-state index contributed by atoms with van der Waals surface area (Å²) in [7, 11) is 0. The van der Waals surface area contributed by atoms with E-state index in [0.717, 1.165) is 0 Å². The number of aliphatic hydroxyl groups is 1. The third-order valence-corrected chi connectivity index (χ3v) is 9.58. The fourth-order valence-corrected chi connectivity index (χ4v) is 8.15. The van der Waals surface area contributed by atoms with Crippen LogP contribution < -0.4 is 0 Å². The molecule has 9 atom stereocenters. The van der Waals surface area contributed by atoms with Crippen LogP contribution in [-0.4, -0.2) is 64.8 Å². The first-order chi connectivity index (χ1) is 16.1. The van der Waals surface area contributed by atoms with Gasteiger partial charge in [-0.3, -0.25) is 9.59 Å². The number of carbonyl (C=O) groups excluding carboxylic acids is 2. The third kappa shape index (κ3) is 3.06. The van der Waals surface area contributed by atoms with Gasteiger partial charge in [0.2, 0.25) is 0 Å². The minimum Gasteiger partial charge on any atom is -0.390 e. The van der Waals surface area contributed by atoms with Crippen molar-refractivity contribution < 1.29 is 37.7 Å². The Morgan fingerprint density at radius 2 is 1.91 bits per heavy atom. The first-order valence-corrected chi connectivity index (χ1v) is 12.6. The molecule has 0 amide bonds. The zero-order valence-corrected chi connectivity index (χ0v) is 21.3. The highest BCUT2D eigenvalue weighted by molar-refractivity contribution is 6.01. The average molecular weight is 495 g/mol. The summed E-state index contributed by atoms with van der Waals surface area (Å²) in [6.07, 6.45) is 0.0232. The van der Waals surface area contributed by atoms with Gasteiger partial charge in [-0.05, 0) is 77.5 Å². The molecule has 0 unspecified atom stereocenters. The number of rotatable bonds is 4. The molecule has 4 aliphatic carbocycles. The van der Waals surface area contributed by atoms with E-state index in [1.165, 1.54) is 18.2 Å². The van der Waals surface area contributed by atoms with Crippen molar-refractivity contribution in [1.82, 2.24) is 0 Å².